The molecule has 1 rings (SSSR count). The van der Waals surface area contributed by atoms with Crippen LogP contribution in [0.15, 0.2) is 22.7 Å². The van der Waals surface area contributed by atoms with E-state index in [2.05, 4.69) is 21.2 Å². The molecule has 0 bridgehead atoms. The third-order valence-electron chi connectivity index (χ3n) is 2.25. The Kier molecular flexibility index (Phi) is 4.76. The number of benzene rings is 1. The molecule has 3 N–H and O–H groups in total. The van der Waals surface area contributed by atoms with Gasteiger partial charge < -0.3 is 11.1 Å². The van der Waals surface area contributed by atoms with E-state index in [1.54, 1.807) is 32.0 Å². The summed E-state index contributed by atoms with van der Waals surface area (Å²) in [7, 11) is 0. The third kappa shape index (κ3) is 4.31. The quantitative estimate of drug-likeness (QED) is 0.888. The summed E-state index contributed by atoms with van der Waals surface area (Å²) in [5, 5.41) is 3.19. The number of nitrogens with one attached hydrogen (secondary N) is 1. The van der Waals surface area contributed by atoms with E-state index < -0.39 is 11.4 Å². The first-order valence-corrected chi connectivity index (χ1v) is 6.44. The van der Waals surface area contributed by atoms with Gasteiger partial charge in [0.2, 0.25) is 5.91 Å². The first-order valence-electron chi connectivity index (χ1n) is 5.27. The highest BCUT2D eigenvalue weighted by Crippen LogP contribution is 2.23. The number of rotatable bonds is 4. The molecule has 0 aliphatic rings. The van der Waals surface area contributed by atoms with E-state index in [-0.39, 0.29) is 12.3 Å². The van der Waals surface area contributed by atoms with E-state index in [1.165, 1.54) is 0 Å². The number of amides is 2. The molecule has 0 fully saturated rings. The highest BCUT2D eigenvalue weighted by atomic mass is 79.9. The van der Waals surface area contributed by atoms with Crippen molar-refractivity contribution in [1.82, 2.24) is 5.32 Å². The second-order valence-electron chi connectivity index (χ2n) is 4.61. The number of hydrogen-bond donors (Lipinski definition) is 2. The lowest BCUT2D eigenvalue weighted by Crippen LogP contribution is -2.46. The molecule has 98 valence electrons. The molecular weight excluding hydrogens is 320 g/mol. The van der Waals surface area contributed by atoms with Gasteiger partial charge in [0.25, 0.3) is 5.91 Å². The van der Waals surface area contributed by atoms with Gasteiger partial charge in [0.1, 0.15) is 0 Å². The highest BCUT2D eigenvalue weighted by Gasteiger charge is 2.23. The molecule has 0 aliphatic carbocycles. The molecule has 6 heteroatoms. The Labute approximate surface area is 119 Å². The van der Waals surface area contributed by atoms with Crippen molar-refractivity contribution in [1.29, 1.82) is 0 Å². The molecule has 0 heterocycles. The third-order valence-corrected chi connectivity index (χ3v) is 3.48. The monoisotopic (exact) mass is 332 g/mol. The molecular formula is C12H14BrClN2O2. The molecule has 1 aromatic rings. The van der Waals surface area contributed by atoms with Gasteiger partial charge in [0, 0.05) is 22.0 Å². The van der Waals surface area contributed by atoms with E-state index in [0.29, 0.717) is 10.6 Å². The van der Waals surface area contributed by atoms with Crippen LogP contribution in [0.4, 0.5) is 0 Å². The van der Waals surface area contributed by atoms with Crippen LogP contribution in [0.5, 0.6) is 0 Å². The molecule has 0 spiro atoms. The second-order valence-corrected chi connectivity index (χ2v) is 5.87. The van der Waals surface area contributed by atoms with Crippen molar-refractivity contribution in [2.45, 2.75) is 25.8 Å². The van der Waals surface area contributed by atoms with Crippen LogP contribution in [-0.4, -0.2) is 17.4 Å². The van der Waals surface area contributed by atoms with E-state index >= 15 is 0 Å². The van der Waals surface area contributed by atoms with Crippen molar-refractivity contribution >= 4 is 39.3 Å². The summed E-state index contributed by atoms with van der Waals surface area (Å²) < 4.78 is 0.720. The molecule has 0 aromatic heterocycles. The Bertz CT molecular complexity index is 489. The van der Waals surface area contributed by atoms with Crippen molar-refractivity contribution in [3.8, 4) is 0 Å². The van der Waals surface area contributed by atoms with Gasteiger partial charge in [-0.2, -0.15) is 0 Å². The van der Waals surface area contributed by atoms with Crippen LogP contribution in [-0.2, 0) is 4.79 Å². The lowest BCUT2D eigenvalue weighted by molar-refractivity contribution is -0.119. The second kappa shape index (κ2) is 5.71. The first kappa shape index (κ1) is 15.0. The predicted molar refractivity (Wildman–Crippen MR) is 74.5 cm³/mol. The Morgan fingerprint density at radius 3 is 2.56 bits per heavy atom. The minimum atomic E-state index is -0.692. The average Bonchev–Trinajstić information content (AvgIpc) is 2.19. The van der Waals surface area contributed by atoms with E-state index in [4.69, 9.17) is 17.3 Å². The summed E-state index contributed by atoms with van der Waals surface area (Å²) in [5.74, 6) is -0.759. The Morgan fingerprint density at radius 2 is 2.06 bits per heavy atom. The summed E-state index contributed by atoms with van der Waals surface area (Å²) in [5.41, 5.74) is 4.86. The molecule has 0 radical (unpaired) electrons. The minimum absolute atomic E-state index is 0.0724. The molecule has 0 aliphatic heterocycles. The van der Waals surface area contributed by atoms with E-state index in [9.17, 15) is 9.59 Å². The fraction of sp³-hybridized carbons (Fsp3) is 0.333. The molecule has 2 amide bonds. The summed E-state index contributed by atoms with van der Waals surface area (Å²) in [6, 6.07) is 4.89. The molecule has 1 aromatic carbocycles. The number of carbonyl (C=O) groups excluding carboxylic acids is 2. The fourth-order valence-electron chi connectivity index (χ4n) is 1.50. The Morgan fingerprint density at radius 1 is 1.44 bits per heavy atom. The normalized spacial score (nSPS) is 11.1. The number of nitrogens with two attached hydrogens (primary N) is 1. The van der Waals surface area contributed by atoms with Gasteiger partial charge in [-0.15, -0.1) is 0 Å². The average molecular weight is 334 g/mol. The van der Waals surface area contributed by atoms with Crippen molar-refractivity contribution in [2.75, 3.05) is 0 Å². The van der Waals surface area contributed by atoms with Gasteiger partial charge >= 0.3 is 0 Å². The van der Waals surface area contributed by atoms with Gasteiger partial charge in [0.15, 0.2) is 0 Å². The molecule has 0 atom stereocenters. The summed E-state index contributed by atoms with van der Waals surface area (Å²) in [6.45, 7) is 3.46. The smallest absolute Gasteiger partial charge is 0.251 e. The molecule has 0 unspecified atom stereocenters. The number of hydrogen-bond acceptors (Lipinski definition) is 2. The maximum Gasteiger partial charge on any atom is 0.251 e. The predicted octanol–water partition coefficient (Wildman–Crippen LogP) is 2.49. The topological polar surface area (TPSA) is 72.2 Å². The zero-order valence-corrected chi connectivity index (χ0v) is 12.4. The largest absolute Gasteiger partial charge is 0.370 e. The standard InChI is InChI=1S/C12H14BrClN2O2/c1-12(2,6-10(15)17)16-11(18)7-3-4-8(13)9(14)5-7/h3-5H,6H2,1-2H3,(H2,15,17)(H,16,18). The lowest BCUT2D eigenvalue weighted by atomic mass is 9.99. The van der Waals surface area contributed by atoms with E-state index in [0.717, 1.165) is 4.47 Å². The van der Waals surface area contributed by atoms with Gasteiger partial charge in [-0.25, -0.2) is 0 Å². The van der Waals surface area contributed by atoms with Crippen molar-refractivity contribution in [3.63, 3.8) is 0 Å². The Balaban J connectivity index is 2.82. The molecule has 0 saturated carbocycles. The zero-order valence-electron chi connectivity index (χ0n) is 10.1. The minimum Gasteiger partial charge on any atom is -0.370 e. The summed E-state index contributed by atoms with van der Waals surface area (Å²) in [6.07, 6.45) is 0.0724. The summed E-state index contributed by atoms with van der Waals surface area (Å²) >= 11 is 9.16. The van der Waals surface area contributed by atoms with Gasteiger partial charge in [-0.1, -0.05) is 11.6 Å². The van der Waals surface area contributed by atoms with Gasteiger partial charge in [-0.05, 0) is 48.0 Å². The molecule has 4 nitrogen and oxygen atoms in total. The number of halogens is 2. The zero-order chi connectivity index (χ0) is 13.9. The molecule has 18 heavy (non-hydrogen) atoms. The number of carbonyl (C=O) groups is 2. The van der Waals surface area contributed by atoms with Crippen LogP contribution >= 0.6 is 27.5 Å². The maximum absolute atomic E-state index is 12.0. The Hall–Kier alpha value is -1.07. The van der Waals surface area contributed by atoms with Crippen molar-refractivity contribution < 1.29 is 9.59 Å². The molecule has 0 saturated heterocycles. The fourth-order valence-corrected chi connectivity index (χ4v) is 1.92. The van der Waals surface area contributed by atoms with Crippen LogP contribution in [0.2, 0.25) is 5.02 Å². The van der Waals surface area contributed by atoms with Gasteiger partial charge in [-0.3, -0.25) is 9.59 Å². The lowest BCUT2D eigenvalue weighted by Gasteiger charge is -2.24. The van der Waals surface area contributed by atoms with Crippen LogP contribution in [0, 0.1) is 0 Å². The van der Waals surface area contributed by atoms with Gasteiger partial charge in [0.05, 0.1) is 5.02 Å². The van der Waals surface area contributed by atoms with Crippen LogP contribution in [0.25, 0.3) is 0 Å². The van der Waals surface area contributed by atoms with E-state index in [1.807, 2.05) is 0 Å². The number of primary amides is 1. The van der Waals surface area contributed by atoms with Crippen LogP contribution < -0.4 is 11.1 Å². The van der Waals surface area contributed by atoms with Crippen molar-refractivity contribution in [3.05, 3.63) is 33.3 Å². The SMILES string of the molecule is CC(C)(CC(N)=O)NC(=O)c1ccc(Br)c(Cl)c1. The first-order chi connectivity index (χ1) is 8.21. The van der Waals surface area contributed by atoms with Crippen LogP contribution in [0.3, 0.4) is 0 Å². The van der Waals surface area contributed by atoms with Crippen molar-refractivity contribution in [2.24, 2.45) is 5.73 Å². The maximum atomic E-state index is 12.0. The van der Waals surface area contributed by atoms with Crippen LogP contribution in [0.1, 0.15) is 30.6 Å². The summed E-state index contributed by atoms with van der Waals surface area (Å²) in [4.78, 5) is 22.8. The highest BCUT2D eigenvalue weighted by molar-refractivity contribution is 9.10.